The van der Waals surface area contributed by atoms with Gasteiger partial charge in [-0.15, -0.1) is 10.2 Å². The molecule has 3 aromatic rings. The van der Waals surface area contributed by atoms with Crippen LogP contribution in [0.3, 0.4) is 0 Å². The summed E-state index contributed by atoms with van der Waals surface area (Å²) in [6.07, 6.45) is 0. The number of thioether (sulfide) groups is 1. The third-order valence-corrected chi connectivity index (χ3v) is 4.93. The zero-order valence-corrected chi connectivity index (χ0v) is 16.5. The number of carbonyl (C=O) groups excluding carboxylic acids is 1. The van der Waals surface area contributed by atoms with Crippen molar-refractivity contribution in [2.45, 2.75) is 12.1 Å². The number of halogens is 1. The highest BCUT2D eigenvalue weighted by atomic mass is 35.5. The van der Waals surface area contributed by atoms with Crippen LogP contribution in [0, 0.1) is 0 Å². The van der Waals surface area contributed by atoms with Crippen LogP contribution in [-0.4, -0.2) is 40.2 Å². The number of hydrogen-bond acceptors (Lipinski definition) is 6. The summed E-state index contributed by atoms with van der Waals surface area (Å²) in [7, 11) is 1.60. The molecule has 140 valence electrons. The average molecular weight is 404 g/mol. The smallest absolute Gasteiger partial charge is 0.316 e. The van der Waals surface area contributed by atoms with Crippen molar-refractivity contribution >= 4 is 29.3 Å². The minimum absolute atomic E-state index is 0.129. The van der Waals surface area contributed by atoms with Crippen molar-refractivity contribution in [2.75, 3.05) is 19.5 Å². The van der Waals surface area contributed by atoms with Gasteiger partial charge in [0.2, 0.25) is 0 Å². The molecular formula is C19H18ClN3O3S. The number of aromatic nitrogens is 3. The van der Waals surface area contributed by atoms with Gasteiger partial charge in [0.05, 0.1) is 30.2 Å². The Bertz CT molecular complexity index is 945. The van der Waals surface area contributed by atoms with Crippen LogP contribution in [0.4, 0.5) is 0 Å². The van der Waals surface area contributed by atoms with Crippen molar-refractivity contribution in [3.63, 3.8) is 0 Å². The minimum Gasteiger partial charge on any atom is -0.495 e. The normalized spacial score (nSPS) is 10.6. The van der Waals surface area contributed by atoms with Crippen molar-refractivity contribution < 1.29 is 14.3 Å². The largest absolute Gasteiger partial charge is 0.495 e. The van der Waals surface area contributed by atoms with Gasteiger partial charge in [-0.05, 0) is 31.2 Å². The van der Waals surface area contributed by atoms with Crippen molar-refractivity contribution in [2.24, 2.45) is 0 Å². The Hall–Kier alpha value is -2.51. The molecule has 3 rings (SSSR count). The van der Waals surface area contributed by atoms with Crippen LogP contribution in [0.5, 0.6) is 5.75 Å². The van der Waals surface area contributed by atoms with Gasteiger partial charge in [0.25, 0.3) is 0 Å². The molecule has 1 aromatic heterocycles. The van der Waals surface area contributed by atoms with E-state index >= 15 is 0 Å². The summed E-state index contributed by atoms with van der Waals surface area (Å²) in [4.78, 5) is 11.8. The van der Waals surface area contributed by atoms with Crippen LogP contribution in [0.25, 0.3) is 17.1 Å². The highest BCUT2D eigenvalue weighted by molar-refractivity contribution is 7.99. The average Bonchev–Trinajstić information content (AvgIpc) is 3.10. The highest BCUT2D eigenvalue weighted by Crippen LogP contribution is 2.34. The molecule has 0 N–H and O–H groups in total. The Morgan fingerprint density at radius 1 is 1.15 bits per heavy atom. The number of benzene rings is 2. The quantitative estimate of drug-likeness (QED) is 0.434. The first-order chi connectivity index (χ1) is 13.2. The number of ether oxygens (including phenoxy) is 2. The zero-order valence-electron chi connectivity index (χ0n) is 14.9. The first-order valence-electron chi connectivity index (χ1n) is 8.27. The van der Waals surface area contributed by atoms with E-state index in [4.69, 9.17) is 21.1 Å². The van der Waals surface area contributed by atoms with Gasteiger partial charge in [-0.3, -0.25) is 9.36 Å². The third kappa shape index (κ3) is 4.26. The molecule has 0 saturated heterocycles. The van der Waals surface area contributed by atoms with Crippen LogP contribution in [0.15, 0.2) is 53.7 Å². The number of methoxy groups -OCH3 is 1. The standard InChI is InChI=1S/C19H18ClN3O3S/c1-3-26-17(24)12-27-19-22-21-18(13-8-4-5-9-14(13)20)23(19)15-10-6-7-11-16(15)25-2/h4-11H,3,12H2,1-2H3. The fourth-order valence-electron chi connectivity index (χ4n) is 2.54. The molecule has 0 bridgehead atoms. The van der Waals surface area contributed by atoms with E-state index in [1.807, 2.05) is 47.0 Å². The van der Waals surface area contributed by atoms with E-state index in [2.05, 4.69) is 10.2 Å². The van der Waals surface area contributed by atoms with E-state index in [0.29, 0.717) is 28.4 Å². The number of para-hydroxylation sites is 2. The van der Waals surface area contributed by atoms with E-state index in [9.17, 15) is 4.79 Å². The molecule has 0 saturated carbocycles. The third-order valence-electron chi connectivity index (χ3n) is 3.70. The summed E-state index contributed by atoms with van der Waals surface area (Å²) < 4.78 is 12.3. The minimum atomic E-state index is -0.309. The van der Waals surface area contributed by atoms with Crippen LogP contribution >= 0.6 is 23.4 Å². The summed E-state index contributed by atoms with van der Waals surface area (Å²) in [6, 6.07) is 14.9. The molecule has 6 nitrogen and oxygen atoms in total. The Morgan fingerprint density at radius 2 is 1.89 bits per heavy atom. The molecular weight excluding hydrogens is 386 g/mol. The van der Waals surface area contributed by atoms with E-state index in [1.165, 1.54) is 11.8 Å². The van der Waals surface area contributed by atoms with Gasteiger partial charge in [-0.25, -0.2) is 0 Å². The highest BCUT2D eigenvalue weighted by Gasteiger charge is 2.21. The molecule has 0 aliphatic heterocycles. The summed E-state index contributed by atoms with van der Waals surface area (Å²) in [5.74, 6) is 1.04. The topological polar surface area (TPSA) is 66.2 Å². The summed E-state index contributed by atoms with van der Waals surface area (Å²) in [5.41, 5.74) is 1.49. The second-order valence-corrected chi connectivity index (χ2v) is 6.74. The maximum Gasteiger partial charge on any atom is 0.316 e. The number of carbonyl (C=O) groups is 1. The van der Waals surface area contributed by atoms with Gasteiger partial charge in [-0.1, -0.05) is 47.6 Å². The number of esters is 1. The molecule has 2 aromatic carbocycles. The molecule has 8 heteroatoms. The van der Waals surface area contributed by atoms with Gasteiger partial charge in [-0.2, -0.15) is 0 Å². The van der Waals surface area contributed by atoms with Crippen molar-refractivity contribution in [1.29, 1.82) is 0 Å². The molecule has 0 radical (unpaired) electrons. The van der Waals surface area contributed by atoms with Crippen LogP contribution in [0.1, 0.15) is 6.92 Å². The monoisotopic (exact) mass is 403 g/mol. The van der Waals surface area contributed by atoms with Crippen molar-refractivity contribution in [1.82, 2.24) is 14.8 Å². The lowest BCUT2D eigenvalue weighted by Gasteiger charge is -2.14. The van der Waals surface area contributed by atoms with E-state index < -0.39 is 0 Å². The van der Waals surface area contributed by atoms with Gasteiger partial charge in [0.15, 0.2) is 11.0 Å². The molecule has 0 fully saturated rings. The van der Waals surface area contributed by atoms with Gasteiger partial charge >= 0.3 is 5.97 Å². The molecule has 27 heavy (non-hydrogen) atoms. The summed E-state index contributed by atoms with van der Waals surface area (Å²) >= 11 is 7.62. The fraction of sp³-hybridized carbons (Fsp3) is 0.211. The summed E-state index contributed by atoms with van der Waals surface area (Å²) in [6.45, 7) is 2.11. The Balaban J connectivity index is 2.10. The fourth-order valence-corrected chi connectivity index (χ4v) is 3.50. The molecule has 0 amide bonds. The van der Waals surface area contributed by atoms with Crippen molar-refractivity contribution in [3.8, 4) is 22.8 Å². The van der Waals surface area contributed by atoms with Crippen molar-refractivity contribution in [3.05, 3.63) is 53.6 Å². The molecule has 0 unspecified atom stereocenters. The van der Waals surface area contributed by atoms with Gasteiger partial charge in [0.1, 0.15) is 5.75 Å². The maximum atomic E-state index is 11.8. The summed E-state index contributed by atoms with van der Waals surface area (Å²) in [5, 5.41) is 9.70. The first kappa shape index (κ1) is 19.3. The van der Waals surface area contributed by atoms with Crippen LogP contribution < -0.4 is 4.74 Å². The van der Waals surface area contributed by atoms with Crippen LogP contribution in [0.2, 0.25) is 5.02 Å². The molecule has 0 spiro atoms. The molecule has 0 aliphatic carbocycles. The Kier molecular flexibility index (Phi) is 6.36. The van der Waals surface area contributed by atoms with Gasteiger partial charge < -0.3 is 9.47 Å². The van der Waals surface area contributed by atoms with Crippen LogP contribution in [-0.2, 0) is 9.53 Å². The number of hydrogen-bond donors (Lipinski definition) is 0. The van der Waals surface area contributed by atoms with E-state index in [0.717, 1.165) is 11.3 Å². The number of nitrogens with zero attached hydrogens (tertiary/aromatic N) is 3. The lowest BCUT2D eigenvalue weighted by molar-refractivity contribution is -0.139. The predicted molar refractivity (Wildman–Crippen MR) is 106 cm³/mol. The number of rotatable bonds is 7. The molecule has 0 atom stereocenters. The lowest BCUT2D eigenvalue weighted by Crippen LogP contribution is -2.08. The lowest BCUT2D eigenvalue weighted by atomic mass is 10.2. The van der Waals surface area contributed by atoms with E-state index in [1.54, 1.807) is 20.1 Å². The van der Waals surface area contributed by atoms with Gasteiger partial charge in [0, 0.05) is 5.56 Å². The second kappa shape index (κ2) is 8.92. The molecule has 1 heterocycles. The second-order valence-electron chi connectivity index (χ2n) is 5.39. The Morgan fingerprint density at radius 3 is 2.63 bits per heavy atom. The maximum absolute atomic E-state index is 11.8. The SMILES string of the molecule is CCOC(=O)CSc1nnc(-c2ccccc2Cl)n1-c1ccccc1OC. The Labute approximate surface area is 166 Å². The first-order valence-corrected chi connectivity index (χ1v) is 9.64. The zero-order chi connectivity index (χ0) is 19.2. The predicted octanol–water partition coefficient (Wildman–Crippen LogP) is 4.25. The van der Waals surface area contributed by atoms with E-state index in [-0.39, 0.29) is 11.7 Å². The molecule has 0 aliphatic rings.